The first-order valence-electron chi connectivity index (χ1n) is 6.73. The van der Waals surface area contributed by atoms with Gasteiger partial charge in [-0.15, -0.1) is 11.8 Å². The highest BCUT2D eigenvalue weighted by Gasteiger charge is 2.46. The van der Waals surface area contributed by atoms with E-state index in [2.05, 4.69) is 10.1 Å². The van der Waals surface area contributed by atoms with Gasteiger partial charge in [0.05, 0.1) is 6.54 Å². The summed E-state index contributed by atoms with van der Waals surface area (Å²) in [5.41, 5.74) is 0.867. The molecule has 22 heavy (non-hydrogen) atoms. The number of aromatic nitrogens is 3. The van der Waals surface area contributed by atoms with Gasteiger partial charge in [-0.05, 0) is 12.1 Å². The van der Waals surface area contributed by atoms with Crippen LogP contribution in [0.1, 0.15) is 12.5 Å². The first kappa shape index (κ1) is 15.6. The van der Waals surface area contributed by atoms with Crippen LogP contribution in [0.15, 0.2) is 30.9 Å². The fraction of sp³-hybridized carbons (Fsp3) is 0.357. The Bertz CT molecular complexity index is 694. The third-order valence-corrected chi connectivity index (χ3v) is 5.65. The number of rotatable bonds is 3. The van der Waals surface area contributed by atoms with Gasteiger partial charge in [-0.3, -0.25) is 4.79 Å². The van der Waals surface area contributed by atoms with Crippen molar-refractivity contribution in [3.8, 4) is 0 Å². The van der Waals surface area contributed by atoms with Crippen LogP contribution < -0.4 is 0 Å². The normalized spacial score (nSPS) is 21.3. The van der Waals surface area contributed by atoms with Crippen LogP contribution in [0, 0.1) is 0 Å². The number of thioether (sulfide) groups is 1. The number of halogens is 2. The molecule has 5 nitrogen and oxygen atoms in total. The predicted octanol–water partition coefficient (Wildman–Crippen LogP) is 3.03. The van der Waals surface area contributed by atoms with E-state index in [1.165, 1.54) is 6.33 Å². The molecular weight excluding hydrogens is 343 g/mol. The van der Waals surface area contributed by atoms with E-state index in [1.54, 1.807) is 41.8 Å². The zero-order chi connectivity index (χ0) is 15.7. The Hall–Kier alpha value is -1.24. The molecule has 0 saturated carbocycles. The Kier molecular flexibility index (Phi) is 4.34. The van der Waals surface area contributed by atoms with Crippen molar-refractivity contribution in [1.82, 2.24) is 19.7 Å². The van der Waals surface area contributed by atoms with Crippen LogP contribution in [0.25, 0.3) is 0 Å². The highest BCUT2D eigenvalue weighted by atomic mass is 35.5. The molecule has 0 N–H and O–H groups in total. The van der Waals surface area contributed by atoms with Gasteiger partial charge in [0.2, 0.25) is 5.91 Å². The lowest BCUT2D eigenvalue weighted by Crippen LogP contribution is -2.45. The molecule has 8 heteroatoms. The van der Waals surface area contributed by atoms with Crippen LogP contribution in [0.3, 0.4) is 0 Å². The van der Waals surface area contributed by atoms with Crippen molar-refractivity contribution < 1.29 is 4.79 Å². The van der Waals surface area contributed by atoms with Gasteiger partial charge in [-0.2, -0.15) is 5.10 Å². The second kappa shape index (κ2) is 6.10. The van der Waals surface area contributed by atoms with Gasteiger partial charge in [0.1, 0.15) is 17.5 Å². The SMILES string of the molecule is CC(=O)N1CCSC1(Cn1cncn1)c1ccc(Cl)cc1Cl. The summed E-state index contributed by atoms with van der Waals surface area (Å²) in [5, 5.41) is 5.30. The average molecular weight is 357 g/mol. The van der Waals surface area contributed by atoms with Crippen molar-refractivity contribution in [2.24, 2.45) is 0 Å². The van der Waals surface area contributed by atoms with Gasteiger partial charge in [-0.25, -0.2) is 9.67 Å². The van der Waals surface area contributed by atoms with E-state index in [-0.39, 0.29) is 5.91 Å². The number of carbonyl (C=O) groups is 1. The lowest BCUT2D eigenvalue weighted by molar-refractivity contribution is -0.131. The van der Waals surface area contributed by atoms with Crippen LogP contribution >= 0.6 is 35.0 Å². The molecule has 1 saturated heterocycles. The van der Waals surface area contributed by atoms with Gasteiger partial charge in [0.25, 0.3) is 0 Å². The van der Waals surface area contributed by atoms with Crippen molar-refractivity contribution in [3.05, 3.63) is 46.5 Å². The van der Waals surface area contributed by atoms with Crippen LogP contribution in [-0.2, 0) is 16.2 Å². The van der Waals surface area contributed by atoms with Gasteiger partial charge < -0.3 is 4.90 Å². The molecule has 0 radical (unpaired) electrons. The lowest BCUT2D eigenvalue weighted by atomic mass is 10.0. The van der Waals surface area contributed by atoms with Gasteiger partial charge in [-0.1, -0.05) is 29.3 Å². The predicted molar refractivity (Wildman–Crippen MR) is 88.0 cm³/mol. The van der Waals surface area contributed by atoms with E-state index >= 15 is 0 Å². The summed E-state index contributed by atoms with van der Waals surface area (Å²) >= 11 is 14.1. The molecule has 2 heterocycles. The second-order valence-corrected chi connectivity index (χ2v) is 7.24. The summed E-state index contributed by atoms with van der Waals surface area (Å²) in [6.45, 7) is 2.73. The monoisotopic (exact) mass is 356 g/mol. The van der Waals surface area contributed by atoms with Crippen LogP contribution in [0.2, 0.25) is 10.0 Å². The van der Waals surface area contributed by atoms with E-state index in [4.69, 9.17) is 23.2 Å². The summed E-state index contributed by atoms with van der Waals surface area (Å²) in [4.78, 5) is 17.4. The summed E-state index contributed by atoms with van der Waals surface area (Å²) in [5.74, 6) is 0.851. The highest BCUT2D eigenvalue weighted by Crippen LogP contribution is 2.48. The third-order valence-electron chi connectivity index (χ3n) is 3.67. The number of carbonyl (C=O) groups excluding carboxylic acids is 1. The largest absolute Gasteiger partial charge is 0.321 e. The quantitative estimate of drug-likeness (QED) is 0.847. The van der Waals surface area contributed by atoms with Crippen LogP contribution in [0.4, 0.5) is 0 Å². The van der Waals surface area contributed by atoms with E-state index < -0.39 is 4.87 Å². The first-order chi connectivity index (χ1) is 10.5. The molecule has 116 valence electrons. The van der Waals surface area contributed by atoms with Crippen molar-refractivity contribution >= 4 is 40.9 Å². The Morgan fingerprint density at radius 1 is 1.45 bits per heavy atom. The Morgan fingerprint density at radius 3 is 2.91 bits per heavy atom. The lowest BCUT2D eigenvalue weighted by Gasteiger charge is -2.38. The minimum absolute atomic E-state index is 0.0103. The molecule has 1 aliphatic heterocycles. The number of hydrogen-bond donors (Lipinski definition) is 0. The molecule has 1 aliphatic rings. The van der Waals surface area contributed by atoms with Crippen LogP contribution in [0.5, 0.6) is 0 Å². The smallest absolute Gasteiger partial charge is 0.220 e. The number of nitrogens with zero attached hydrogens (tertiary/aromatic N) is 4. The van der Waals surface area contributed by atoms with Crippen molar-refractivity contribution in [2.45, 2.75) is 18.3 Å². The van der Waals surface area contributed by atoms with Crippen molar-refractivity contribution in [1.29, 1.82) is 0 Å². The molecule has 1 aromatic carbocycles. The fourth-order valence-corrected chi connectivity index (χ4v) is 4.92. The molecule has 0 aliphatic carbocycles. The molecule has 2 aromatic rings. The number of hydrogen-bond acceptors (Lipinski definition) is 4. The fourth-order valence-electron chi connectivity index (χ4n) is 2.76. The van der Waals surface area contributed by atoms with Gasteiger partial charge in [0, 0.05) is 34.8 Å². The van der Waals surface area contributed by atoms with E-state index in [9.17, 15) is 4.79 Å². The minimum Gasteiger partial charge on any atom is -0.321 e. The Morgan fingerprint density at radius 2 is 2.27 bits per heavy atom. The maximum absolute atomic E-state index is 12.1. The molecule has 1 unspecified atom stereocenters. The minimum atomic E-state index is -0.596. The Labute approximate surface area is 142 Å². The summed E-state index contributed by atoms with van der Waals surface area (Å²) in [6.07, 6.45) is 3.12. The second-order valence-electron chi connectivity index (χ2n) is 5.02. The van der Waals surface area contributed by atoms with E-state index in [0.29, 0.717) is 23.1 Å². The molecule has 0 bridgehead atoms. The van der Waals surface area contributed by atoms with E-state index in [0.717, 1.165) is 11.3 Å². The first-order valence-corrected chi connectivity index (χ1v) is 8.47. The topological polar surface area (TPSA) is 51.0 Å². The number of amides is 1. The molecular formula is C14H14Cl2N4OS. The highest BCUT2D eigenvalue weighted by molar-refractivity contribution is 8.00. The third kappa shape index (κ3) is 2.71. The Balaban J connectivity index is 2.11. The molecule has 3 rings (SSSR count). The standard InChI is InChI=1S/C14H14Cl2N4OS/c1-10(21)20-4-5-22-14(20,7-19-9-17-8-18-19)12-3-2-11(15)6-13(12)16/h2-3,6,8-9H,4-5,7H2,1H3. The van der Waals surface area contributed by atoms with Crippen molar-refractivity contribution in [3.63, 3.8) is 0 Å². The zero-order valence-electron chi connectivity index (χ0n) is 11.9. The summed E-state index contributed by atoms with van der Waals surface area (Å²) < 4.78 is 1.72. The molecule has 1 atom stereocenters. The van der Waals surface area contributed by atoms with Gasteiger partial charge in [0.15, 0.2) is 0 Å². The maximum atomic E-state index is 12.1. The molecule has 0 spiro atoms. The van der Waals surface area contributed by atoms with Crippen LogP contribution in [-0.4, -0.2) is 37.9 Å². The van der Waals surface area contributed by atoms with Crippen molar-refractivity contribution in [2.75, 3.05) is 12.3 Å². The summed E-state index contributed by atoms with van der Waals surface area (Å²) in [7, 11) is 0. The van der Waals surface area contributed by atoms with E-state index in [1.807, 2.05) is 11.0 Å². The maximum Gasteiger partial charge on any atom is 0.220 e. The van der Waals surface area contributed by atoms with Gasteiger partial charge >= 0.3 is 0 Å². The molecule has 1 fully saturated rings. The molecule has 1 amide bonds. The zero-order valence-corrected chi connectivity index (χ0v) is 14.2. The molecule has 1 aromatic heterocycles. The average Bonchev–Trinajstić information content (AvgIpc) is 3.09. The summed E-state index contributed by atoms with van der Waals surface area (Å²) in [6, 6.07) is 5.39. The number of benzene rings is 1.